The van der Waals surface area contributed by atoms with Crippen LogP contribution in [0.4, 0.5) is 9.93 Å². The van der Waals surface area contributed by atoms with Crippen LogP contribution in [0.15, 0.2) is 54.2 Å². The molecule has 0 bridgehead atoms. The maximum atomic E-state index is 12.6. The van der Waals surface area contributed by atoms with Gasteiger partial charge in [-0.1, -0.05) is 39.0 Å². The van der Waals surface area contributed by atoms with Gasteiger partial charge in [0.15, 0.2) is 5.13 Å². The quantitative estimate of drug-likeness (QED) is 0.523. The average molecular weight is 425 g/mol. The molecule has 2 amide bonds. The fraction of sp³-hybridized carbons (Fsp3) is 0.273. The molecule has 7 nitrogen and oxygen atoms in total. The predicted octanol–water partition coefficient (Wildman–Crippen LogP) is 4.88. The summed E-state index contributed by atoms with van der Waals surface area (Å²) in [7, 11) is 0. The van der Waals surface area contributed by atoms with E-state index in [1.165, 1.54) is 11.3 Å². The van der Waals surface area contributed by atoms with Crippen LogP contribution in [0.1, 0.15) is 27.2 Å². The fourth-order valence-electron chi connectivity index (χ4n) is 3.03. The Kier molecular flexibility index (Phi) is 6.47. The number of pyridine rings is 1. The number of anilines is 1. The molecule has 0 aliphatic rings. The zero-order valence-electron chi connectivity index (χ0n) is 17.0. The van der Waals surface area contributed by atoms with Crippen molar-refractivity contribution in [3.8, 4) is 22.4 Å². The maximum Gasteiger partial charge on any atom is 0.405 e. The van der Waals surface area contributed by atoms with Gasteiger partial charge in [0.1, 0.15) is 6.04 Å². The number of rotatable bonds is 6. The Morgan fingerprint density at radius 3 is 2.47 bits per heavy atom. The third-order valence-corrected chi connectivity index (χ3v) is 5.09. The van der Waals surface area contributed by atoms with E-state index in [0.29, 0.717) is 11.6 Å². The van der Waals surface area contributed by atoms with Crippen LogP contribution in [0.2, 0.25) is 0 Å². The lowest BCUT2D eigenvalue weighted by Crippen LogP contribution is -2.45. The summed E-state index contributed by atoms with van der Waals surface area (Å²) in [6.07, 6.45) is 2.64. The first-order chi connectivity index (χ1) is 14.2. The number of hydrogen-bond acceptors (Lipinski definition) is 5. The summed E-state index contributed by atoms with van der Waals surface area (Å²) in [5.41, 5.74) is 3.55. The number of hydrogen-bond donors (Lipinski definition) is 3. The number of nitrogens with zero attached hydrogens (tertiary/aromatic N) is 2. The van der Waals surface area contributed by atoms with Crippen LogP contribution in [0.3, 0.4) is 0 Å². The Morgan fingerprint density at radius 1 is 1.10 bits per heavy atom. The van der Waals surface area contributed by atoms with Crippen LogP contribution in [-0.4, -0.2) is 33.1 Å². The van der Waals surface area contributed by atoms with Crippen LogP contribution in [0.25, 0.3) is 22.4 Å². The van der Waals surface area contributed by atoms with Crippen molar-refractivity contribution in [2.24, 2.45) is 5.41 Å². The van der Waals surface area contributed by atoms with Crippen LogP contribution < -0.4 is 10.6 Å². The molecule has 2 heterocycles. The Hall–Kier alpha value is -3.26. The van der Waals surface area contributed by atoms with Gasteiger partial charge < -0.3 is 15.7 Å². The first-order valence-corrected chi connectivity index (χ1v) is 10.4. The number of carbonyl (C=O) groups is 2. The van der Waals surface area contributed by atoms with Crippen molar-refractivity contribution in [2.75, 3.05) is 5.32 Å². The molecule has 156 valence electrons. The Labute approximate surface area is 179 Å². The molecule has 0 radical (unpaired) electrons. The van der Waals surface area contributed by atoms with Crippen LogP contribution in [0.5, 0.6) is 0 Å². The van der Waals surface area contributed by atoms with Crippen LogP contribution >= 0.6 is 11.3 Å². The molecule has 8 heteroatoms. The molecule has 0 saturated heterocycles. The molecule has 0 aliphatic heterocycles. The highest BCUT2D eigenvalue weighted by molar-refractivity contribution is 7.14. The number of amides is 2. The highest BCUT2D eigenvalue weighted by atomic mass is 32.1. The molecule has 1 aromatic carbocycles. The number of aromatic nitrogens is 2. The van der Waals surface area contributed by atoms with Gasteiger partial charge in [-0.25, -0.2) is 9.78 Å². The smallest absolute Gasteiger partial charge is 0.405 e. The molecular weight excluding hydrogens is 400 g/mol. The molecule has 2 aromatic heterocycles. The summed E-state index contributed by atoms with van der Waals surface area (Å²) in [5, 5.41) is 16.4. The largest absolute Gasteiger partial charge is 0.465 e. The van der Waals surface area contributed by atoms with Crippen molar-refractivity contribution in [3.63, 3.8) is 0 Å². The monoisotopic (exact) mass is 424 g/mol. The van der Waals surface area contributed by atoms with Gasteiger partial charge in [0, 0.05) is 23.3 Å². The SMILES string of the molecule is CC(C)(C)CC(NC(=O)O)C(=O)Nc1nc(-c2cccc(-c3ccncc3)c2)cs1. The van der Waals surface area contributed by atoms with E-state index in [-0.39, 0.29) is 5.41 Å². The highest BCUT2D eigenvalue weighted by Gasteiger charge is 2.27. The standard InChI is InChI=1S/C22H24N4O3S/c1-22(2,3)12-17(25-21(28)29)19(27)26-20-24-18(13-30-20)16-6-4-5-15(11-16)14-7-9-23-10-8-14/h4-11,13,17,25H,12H2,1-3H3,(H,28,29)(H,24,26,27). The van der Waals surface area contributed by atoms with Crippen molar-refractivity contribution in [1.82, 2.24) is 15.3 Å². The van der Waals surface area contributed by atoms with Crippen molar-refractivity contribution in [3.05, 3.63) is 54.2 Å². The van der Waals surface area contributed by atoms with E-state index in [2.05, 4.69) is 20.6 Å². The highest BCUT2D eigenvalue weighted by Crippen LogP contribution is 2.29. The molecule has 3 N–H and O–H groups in total. The van der Waals surface area contributed by atoms with E-state index >= 15 is 0 Å². The van der Waals surface area contributed by atoms with Gasteiger partial charge in [0.25, 0.3) is 0 Å². The van der Waals surface area contributed by atoms with Crippen LogP contribution in [0, 0.1) is 5.41 Å². The zero-order chi connectivity index (χ0) is 21.7. The van der Waals surface area contributed by atoms with Crippen molar-refractivity contribution >= 4 is 28.5 Å². The minimum Gasteiger partial charge on any atom is -0.465 e. The molecule has 30 heavy (non-hydrogen) atoms. The number of carboxylic acid groups (broad SMARTS) is 1. The Morgan fingerprint density at radius 2 is 1.80 bits per heavy atom. The van der Waals surface area contributed by atoms with Gasteiger partial charge in [-0.2, -0.15) is 0 Å². The maximum absolute atomic E-state index is 12.6. The molecule has 0 spiro atoms. The van der Waals surface area contributed by atoms with E-state index < -0.39 is 18.0 Å². The zero-order valence-corrected chi connectivity index (χ0v) is 17.9. The average Bonchev–Trinajstić information content (AvgIpc) is 3.15. The molecule has 1 unspecified atom stereocenters. The molecule has 1 atom stereocenters. The Balaban J connectivity index is 1.76. The summed E-state index contributed by atoms with van der Waals surface area (Å²) < 4.78 is 0. The van der Waals surface area contributed by atoms with Gasteiger partial charge in [-0.05, 0) is 41.2 Å². The second-order valence-corrected chi connectivity index (χ2v) is 8.97. The number of thiazole rings is 1. The topological polar surface area (TPSA) is 104 Å². The first kappa shape index (κ1) is 21.4. The lowest BCUT2D eigenvalue weighted by Gasteiger charge is -2.24. The lowest BCUT2D eigenvalue weighted by atomic mass is 9.88. The van der Waals surface area contributed by atoms with Crippen molar-refractivity contribution < 1.29 is 14.7 Å². The van der Waals surface area contributed by atoms with E-state index in [1.807, 2.05) is 62.5 Å². The minimum absolute atomic E-state index is 0.216. The summed E-state index contributed by atoms with van der Waals surface area (Å²) in [4.78, 5) is 32.3. The molecule has 0 fully saturated rings. The minimum atomic E-state index is -1.23. The second-order valence-electron chi connectivity index (χ2n) is 8.11. The van der Waals surface area contributed by atoms with E-state index in [9.17, 15) is 9.59 Å². The third kappa shape index (κ3) is 5.87. The predicted molar refractivity (Wildman–Crippen MR) is 118 cm³/mol. The molecule has 0 saturated carbocycles. The van der Waals surface area contributed by atoms with Gasteiger partial charge >= 0.3 is 6.09 Å². The molecule has 0 aliphatic carbocycles. The number of carbonyl (C=O) groups excluding carboxylic acids is 1. The van der Waals surface area contributed by atoms with E-state index in [0.717, 1.165) is 22.4 Å². The second kappa shape index (κ2) is 9.04. The van der Waals surface area contributed by atoms with Gasteiger partial charge in [0.05, 0.1) is 5.69 Å². The van der Waals surface area contributed by atoms with Crippen LogP contribution in [-0.2, 0) is 4.79 Å². The van der Waals surface area contributed by atoms with Crippen molar-refractivity contribution in [2.45, 2.75) is 33.2 Å². The summed E-state index contributed by atoms with van der Waals surface area (Å²) in [6.45, 7) is 5.86. The summed E-state index contributed by atoms with van der Waals surface area (Å²) in [6, 6.07) is 11.0. The third-order valence-electron chi connectivity index (χ3n) is 4.34. The van der Waals surface area contributed by atoms with Gasteiger partial charge in [-0.15, -0.1) is 11.3 Å². The van der Waals surface area contributed by atoms with Gasteiger partial charge in [0.2, 0.25) is 5.91 Å². The van der Waals surface area contributed by atoms with Gasteiger partial charge in [-0.3, -0.25) is 9.78 Å². The normalized spacial score (nSPS) is 12.2. The first-order valence-electron chi connectivity index (χ1n) is 9.48. The molecule has 3 aromatic rings. The Bertz CT molecular complexity index is 1030. The molecular formula is C22H24N4O3S. The number of benzene rings is 1. The van der Waals surface area contributed by atoms with Crippen molar-refractivity contribution in [1.29, 1.82) is 0 Å². The fourth-order valence-corrected chi connectivity index (χ4v) is 3.75. The number of nitrogens with one attached hydrogen (secondary N) is 2. The summed E-state index contributed by atoms with van der Waals surface area (Å²) >= 11 is 1.30. The van der Waals surface area contributed by atoms with E-state index in [1.54, 1.807) is 12.4 Å². The summed E-state index contributed by atoms with van der Waals surface area (Å²) in [5.74, 6) is -0.418. The van der Waals surface area contributed by atoms with E-state index in [4.69, 9.17) is 5.11 Å². The molecule has 3 rings (SSSR count). The lowest BCUT2D eigenvalue weighted by molar-refractivity contribution is -0.118.